The molecule has 0 aliphatic heterocycles. The summed E-state index contributed by atoms with van der Waals surface area (Å²) in [7, 11) is 0. The van der Waals surface area contributed by atoms with E-state index in [-0.39, 0.29) is 6.04 Å². The molecule has 0 amide bonds. The number of para-hydroxylation sites is 4. The molecule has 5 heterocycles. The van der Waals surface area contributed by atoms with Gasteiger partial charge in [-0.2, -0.15) is 10.5 Å². The van der Waals surface area contributed by atoms with Gasteiger partial charge in [0.05, 0.1) is 45.6 Å². The zero-order valence-corrected chi connectivity index (χ0v) is 30.0. The van der Waals surface area contributed by atoms with Gasteiger partial charge < -0.3 is 20.2 Å². The second kappa shape index (κ2) is 17.5. The summed E-state index contributed by atoms with van der Waals surface area (Å²) in [5.41, 5.74) is 6.07. The molecule has 0 spiro atoms. The van der Waals surface area contributed by atoms with Crippen molar-refractivity contribution >= 4 is 34.0 Å². The highest BCUT2D eigenvalue weighted by Crippen LogP contribution is 2.27. The highest BCUT2D eigenvalue weighted by atomic mass is 15.1. The quantitative estimate of drug-likeness (QED) is 0.111. The SMILES string of the molecule is CCCC(C)Nc1nccc(C(C#N)c2nc3ccccc3n2CC)n1.N#CC(c1ccnc(NCCc2cccnc2)n1)c1nc2ccccc2[nH]1. The molecule has 3 unspecified atom stereocenters. The lowest BCUT2D eigenvalue weighted by Crippen LogP contribution is -2.18. The number of nitrogens with one attached hydrogen (secondary N) is 3. The summed E-state index contributed by atoms with van der Waals surface area (Å²) in [6, 6.07) is 28.1. The van der Waals surface area contributed by atoms with Crippen molar-refractivity contribution in [3.05, 3.63) is 126 Å². The van der Waals surface area contributed by atoms with E-state index < -0.39 is 11.8 Å². The zero-order valence-electron chi connectivity index (χ0n) is 30.0. The number of H-pyrrole nitrogens is 1. The van der Waals surface area contributed by atoms with E-state index in [1.165, 1.54) is 0 Å². The van der Waals surface area contributed by atoms with Crippen LogP contribution in [0.2, 0.25) is 0 Å². The van der Waals surface area contributed by atoms with Crippen LogP contribution in [-0.4, -0.2) is 57.0 Å². The normalized spacial score (nSPS) is 12.5. The fourth-order valence-electron chi connectivity index (χ4n) is 6.09. The molecule has 0 radical (unpaired) electrons. The van der Waals surface area contributed by atoms with Crippen LogP contribution >= 0.6 is 0 Å². The van der Waals surface area contributed by atoms with Crippen molar-refractivity contribution in [2.45, 2.75) is 64.5 Å². The third-order valence-electron chi connectivity index (χ3n) is 8.66. The van der Waals surface area contributed by atoms with E-state index in [9.17, 15) is 10.5 Å². The maximum atomic E-state index is 9.85. The molecule has 0 bridgehead atoms. The predicted octanol–water partition coefficient (Wildman–Crippen LogP) is 7.16. The van der Waals surface area contributed by atoms with E-state index in [4.69, 9.17) is 4.98 Å². The predicted molar refractivity (Wildman–Crippen MR) is 205 cm³/mol. The second-order valence-corrected chi connectivity index (χ2v) is 12.4. The van der Waals surface area contributed by atoms with Gasteiger partial charge >= 0.3 is 0 Å². The highest BCUT2D eigenvalue weighted by molar-refractivity contribution is 5.76. The fourth-order valence-corrected chi connectivity index (χ4v) is 6.09. The molecule has 0 aliphatic carbocycles. The molecule has 7 rings (SSSR count). The van der Waals surface area contributed by atoms with Crippen LogP contribution in [0.25, 0.3) is 22.1 Å². The van der Waals surface area contributed by atoms with Crippen molar-refractivity contribution in [2.24, 2.45) is 0 Å². The van der Waals surface area contributed by atoms with Gasteiger partial charge in [-0.15, -0.1) is 0 Å². The fraction of sp³-hybridized carbons (Fsp3) is 0.275. The van der Waals surface area contributed by atoms with Crippen molar-refractivity contribution in [3.8, 4) is 12.1 Å². The Labute approximate surface area is 308 Å². The molecule has 13 nitrogen and oxygen atoms in total. The summed E-state index contributed by atoms with van der Waals surface area (Å²) in [4.78, 5) is 34.2. The van der Waals surface area contributed by atoms with E-state index in [1.54, 1.807) is 30.7 Å². The van der Waals surface area contributed by atoms with Crippen LogP contribution in [0.5, 0.6) is 0 Å². The smallest absolute Gasteiger partial charge is 0.223 e. The lowest BCUT2D eigenvalue weighted by molar-refractivity contribution is 0.679. The molecule has 0 saturated heterocycles. The van der Waals surface area contributed by atoms with Gasteiger partial charge in [-0.25, -0.2) is 29.9 Å². The maximum Gasteiger partial charge on any atom is 0.223 e. The third-order valence-corrected chi connectivity index (χ3v) is 8.66. The number of benzene rings is 2. The van der Waals surface area contributed by atoms with E-state index >= 15 is 0 Å². The van der Waals surface area contributed by atoms with Gasteiger partial charge in [0.1, 0.15) is 23.5 Å². The molecule has 7 aromatic rings. The first-order valence-electron chi connectivity index (χ1n) is 17.7. The monoisotopic (exact) mass is 703 g/mol. The molecule has 5 aromatic heterocycles. The minimum atomic E-state index is -0.584. The van der Waals surface area contributed by atoms with Gasteiger partial charge in [0.15, 0.2) is 0 Å². The first kappa shape index (κ1) is 36.1. The summed E-state index contributed by atoms with van der Waals surface area (Å²) in [6.07, 6.45) is 9.90. The molecule has 13 heteroatoms. The van der Waals surface area contributed by atoms with Gasteiger partial charge in [-0.3, -0.25) is 4.98 Å². The Hall–Kier alpha value is -6.73. The molecular weight excluding hydrogens is 663 g/mol. The van der Waals surface area contributed by atoms with Crippen LogP contribution in [0, 0.1) is 22.7 Å². The van der Waals surface area contributed by atoms with Crippen molar-refractivity contribution in [3.63, 3.8) is 0 Å². The number of aromatic nitrogens is 9. The summed E-state index contributed by atoms with van der Waals surface area (Å²) >= 11 is 0. The molecular formula is C40H41N13. The number of hydrogen-bond donors (Lipinski definition) is 3. The van der Waals surface area contributed by atoms with Gasteiger partial charge in [0.2, 0.25) is 11.9 Å². The van der Waals surface area contributed by atoms with Crippen molar-refractivity contribution in [1.82, 2.24) is 44.4 Å². The summed E-state index contributed by atoms with van der Waals surface area (Å²) in [5, 5.41) is 26.0. The first-order chi connectivity index (χ1) is 26.0. The Kier molecular flexibility index (Phi) is 11.9. The molecule has 266 valence electrons. The summed E-state index contributed by atoms with van der Waals surface area (Å²) in [5.74, 6) is 1.24. The second-order valence-electron chi connectivity index (χ2n) is 12.4. The van der Waals surface area contributed by atoms with Gasteiger partial charge in [0, 0.05) is 43.9 Å². The minimum Gasteiger partial charge on any atom is -0.354 e. The third kappa shape index (κ3) is 8.78. The zero-order chi connectivity index (χ0) is 37.0. The first-order valence-corrected chi connectivity index (χ1v) is 17.7. The average Bonchev–Trinajstić information content (AvgIpc) is 3.78. The van der Waals surface area contributed by atoms with Crippen LogP contribution in [0.1, 0.15) is 74.0 Å². The highest BCUT2D eigenvalue weighted by Gasteiger charge is 2.23. The Morgan fingerprint density at radius 2 is 1.49 bits per heavy atom. The van der Waals surface area contributed by atoms with Crippen LogP contribution in [0.15, 0.2) is 97.6 Å². The standard InChI is InChI=1S/C20H17N7.C20H24N6/c21-12-15(19-25-17-5-1-2-6-18(17)26-19)16-8-11-24-20(27-16)23-10-7-14-4-3-9-22-13-14;1-4-8-14(3)23-20-22-12-11-16(25-20)15(13-21)19-24-17-9-6-7-10-18(17)26(19)5-2/h1-6,8-9,11,13,15H,7,10H2,(H,25,26)(H,23,24,27);6-7,9-12,14-15H,4-5,8H2,1-3H3,(H,22,23,25). The number of aryl methyl sites for hydroxylation is 1. The van der Waals surface area contributed by atoms with Crippen molar-refractivity contribution in [2.75, 3.05) is 17.2 Å². The van der Waals surface area contributed by atoms with Crippen LogP contribution in [0.4, 0.5) is 11.9 Å². The Bertz CT molecular complexity index is 2300. The molecule has 3 N–H and O–H groups in total. The van der Waals surface area contributed by atoms with Crippen molar-refractivity contribution in [1.29, 1.82) is 10.5 Å². The van der Waals surface area contributed by atoms with E-state index in [1.807, 2.05) is 66.9 Å². The number of fused-ring (bicyclic) bond motifs is 2. The Morgan fingerprint density at radius 1 is 0.774 bits per heavy atom. The molecule has 3 atom stereocenters. The summed E-state index contributed by atoms with van der Waals surface area (Å²) < 4.78 is 2.08. The van der Waals surface area contributed by atoms with Gasteiger partial charge in [-0.1, -0.05) is 43.7 Å². The number of nitrogens with zero attached hydrogens (tertiary/aromatic N) is 10. The van der Waals surface area contributed by atoms with Gasteiger partial charge in [0.25, 0.3) is 0 Å². The number of aromatic amines is 1. The molecule has 0 fully saturated rings. The number of nitriles is 2. The number of anilines is 2. The Balaban J connectivity index is 0.000000182. The minimum absolute atomic E-state index is 0.288. The Morgan fingerprint density at radius 3 is 2.21 bits per heavy atom. The van der Waals surface area contributed by atoms with E-state index in [0.29, 0.717) is 35.7 Å². The lowest BCUT2D eigenvalue weighted by atomic mass is 10.1. The molecule has 0 aliphatic rings. The van der Waals surface area contributed by atoms with Gasteiger partial charge in [-0.05, 0) is 74.7 Å². The largest absolute Gasteiger partial charge is 0.354 e. The van der Waals surface area contributed by atoms with Crippen molar-refractivity contribution < 1.29 is 0 Å². The van der Waals surface area contributed by atoms with E-state index in [2.05, 4.69) is 83.0 Å². The topological polar surface area (TPSA) is 183 Å². The number of pyridine rings is 1. The molecule has 2 aromatic carbocycles. The van der Waals surface area contributed by atoms with Crippen LogP contribution < -0.4 is 10.6 Å². The lowest BCUT2D eigenvalue weighted by Gasteiger charge is -2.15. The molecule has 0 saturated carbocycles. The number of imidazole rings is 2. The molecule has 53 heavy (non-hydrogen) atoms. The average molecular weight is 704 g/mol. The maximum absolute atomic E-state index is 9.85. The summed E-state index contributed by atoms with van der Waals surface area (Å²) in [6.45, 7) is 7.74. The number of rotatable bonds is 13. The number of hydrogen-bond acceptors (Lipinski definition) is 11. The van der Waals surface area contributed by atoms with Crippen LogP contribution in [0.3, 0.4) is 0 Å². The van der Waals surface area contributed by atoms with Crippen LogP contribution in [-0.2, 0) is 13.0 Å². The van der Waals surface area contributed by atoms with E-state index in [0.717, 1.165) is 59.3 Å².